The molecule has 2 nitrogen and oxygen atoms in total. The molecule has 0 atom stereocenters. The fourth-order valence-electron chi connectivity index (χ4n) is 2.95. The molecule has 0 aliphatic heterocycles. The Morgan fingerprint density at radius 2 is 2.00 bits per heavy atom. The smallest absolute Gasteiger partial charge is 0.129 e. The molecule has 0 radical (unpaired) electrons. The topological polar surface area (TPSA) is 16.1 Å². The van der Waals surface area contributed by atoms with Crippen molar-refractivity contribution >= 4 is 17.4 Å². The van der Waals surface area contributed by atoms with Gasteiger partial charge in [-0.25, -0.2) is 4.98 Å². The molecule has 0 amide bonds. The van der Waals surface area contributed by atoms with Gasteiger partial charge in [0.2, 0.25) is 0 Å². The number of hydrogen-bond donors (Lipinski definition) is 0. The largest absolute Gasteiger partial charge is 0.354 e. The van der Waals surface area contributed by atoms with Crippen LogP contribution >= 0.6 is 11.6 Å². The highest BCUT2D eigenvalue weighted by molar-refractivity contribution is 6.17. The summed E-state index contributed by atoms with van der Waals surface area (Å²) >= 11 is 5.96. The summed E-state index contributed by atoms with van der Waals surface area (Å²) in [5.74, 6) is 1.68. The van der Waals surface area contributed by atoms with Crippen molar-refractivity contribution in [2.45, 2.75) is 57.9 Å². The molecule has 3 heteroatoms. The summed E-state index contributed by atoms with van der Waals surface area (Å²) < 4.78 is 0. The molecule has 1 saturated carbocycles. The zero-order valence-electron chi connectivity index (χ0n) is 11.5. The minimum absolute atomic E-state index is 0.568. The van der Waals surface area contributed by atoms with E-state index in [2.05, 4.69) is 24.0 Å². The van der Waals surface area contributed by atoms with Gasteiger partial charge in [0.05, 0.1) is 0 Å². The van der Waals surface area contributed by atoms with E-state index in [0.717, 1.165) is 18.1 Å². The lowest BCUT2D eigenvalue weighted by molar-refractivity contribution is 0.416. The Bertz CT molecular complexity index is 386. The number of aryl methyl sites for hydroxylation is 1. The summed E-state index contributed by atoms with van der Waals surface area (Å²) in [7, 11) is 0. The average molecular weight is 267 g/mol. The van der Waals surface area contributed by atoms with Crippen molar-refractivity contribution in [3.05, 3.63) is 23.4 Å². The summed E-state index contributed by atoms with van der Waals surface area (Å²) in [6.45, 7) is 5.30. The highest BCUT2D eigenvalue weighted by atomic mass is 35.5. The molecule has 0 bridgehead atoms. The number of halogens is 1. The van der Waals surface area contributed by atoms with E-state index in [9.17, 15) is 0 Å². The lowest BCUT2D eigenvalue weighted by Gasteiger charge is -2.34. The maximum atomic E-state index is 5.96. The predicted molar refractivity (Wildman–Crippen MR) is 78.4 cm³/mol. The Morgan fingerprint density at radius 3 is 2.61 bits per heavy atom. The number of nitrogens with zero attached hydrogens (tertiary/aromatic N) is 2. The van der Waals surface area contributed by atoms with Gasteiger partial charge in [0, 0.05) is 24.2 Å². The molecule has 1 aliphatic rings. The van der Waals surface area contributed by atoms with Crippen molar-refractivity contribution in [3.8, 4) is 0 Å². The molecule has 1 heterocycles. The fourth-order valence-corrected chi connectivity index (χ4v) is 3.10. The lowest BCUT2D eigenvalue weighted by atomic mass is 9.94. The van der Waals surface area contributed by atoms with Gasteiger partial charge in [-0.3, -0.25) is 0 Å². The standard InChI is InChI=1S/C15H23ClN2/c1-3-18(14-7-5-4-6-8-14)15-10-13(11-16)9-12(2)17-15/h9-10,14H,3-8,11H2,1-2H3. The molecule has 1 aliphatic carbocycles. The number of anilines is 1. The Hall–Kier alpha value is -0.760. The molecule has 0 aromatic carbocycles. The molecule has 1 fully saturated rings. The van der Waals surface area contributed by atoms with Crippen LogP contribution in [0, 0.1) is 6.92 Å². The van der Waals surface area contributed by atoms with Crippen LogP contribution in [0.4, 0.5) is 5.82 Å². The van der Waals surface area contributed by atoms with Gasteiger partial charge in [-0.15, -0.1) is 11.6 Å². The number of rotatable bonds is 4. The van der Waals surface area contributed by atoms with E-state index >= 15 is 0 Å². The molecule has 18 heavy (non-hydrogen) atoms. The maximum Gasteiger partial charge on any atom is 0.129 e. The third-order valence-electron chi connectivity index (χ3n) is 3.80. The van der Waals surface area contributed by atoms with E-state index < -0.39 is 0 Å². The zero-order valence-corrected chi connectivity index (χ0v) is 12.2. The molecule has 0 N–H and O–H groups in total. The summed E-state index contributed by atoms with van der Waals surface area (Å²) in [6, 6.07) is 4.89. The third-order valence-corrected chi connectivity index (χ3v) is 4.11. The first-order valence-electron chi connectivity index (χ1n) is 7.04. The van der Waals surface area contributed by atoms with Crippen LogP contribution in [-0.4, -0.2) is 17.6 Å². The van der Waals surface area contributed by atoms with Crippen LogP contribution in [0.25, 0.3) is 0 Å². The van der Waals surface area contributed by atoms with Crippen molar-refractivity contribution in [3.63, 3.8) is 0 Å². The van der Waals surface area contributed by atoms with Gasteiger partial charge < -0.3 is 4.90 Å². The summed E-state index contributed by atoms with van der Waals surface area (Å²) in [6.07, 6.45) is 6.71. The Kier molecular flexibility index (Phi) is 4.87. The SMILES string of the molecule is CCN(c1cc(CCl)cc(C)n1)C1CCCCC1. The monoisotopic (exact) mass is 266 g/mol. The number of aromatic nitrogens is 1. The summed E-state index contributed by atoms with van der Waals surface area (Å²) in [5, 5.41) is 0. The molecular formula is C15H23ClN2. The average Bonchev–Trinajstić information content (AvgIpc) is 2.40. The first-order valence-corrected chi connectivity index (χ1v) is 7.58. The molecular weight excluding hydrogens is 244 g/mol. The highest BCUT2D eigenvalue weighted by Gasteiger charge is 2.21. The van der Waals surface area contributed by atoms with E-state index in [4.69, 9.17) is 16.6 Å². The first-order chi connectivity index (χ1) is 8.74. The second kappa shape index (κ2) is 6.42. The summed E-state index contributed by atoms with van der Waals surface area (Å²) in [4.78, 5) is 7.16. The molecule has 0 saturated heterocycles. The van der Waals surface area contributed by atoms with Gasteiger partial charge in [-0.1, -0.05) is 19.3 Å². The van der Waals surface area contributed by atoms with E-state index in [-0.39, 0.29) is 0 Å². The molecule has 1 aromatic heterocycles. The van der Waals surface area contributed by atoms with Gasteiger partial charge in [-0.2, -0.15) is 0 Å². The van der Waals surface area contributed by atoms with Gasteiger partial charge in [-0.05, 0) is 44.4 Å². The second-order valence-corrected chi connectivity index (χ2v) is 5.45. The van der Waals surface area contributed by atoms with Crippen LogP contribution in [0.5, 0.6) is 0 Å². The number of alkyl halides is 1. The first kappa shape index (κ1) is 13.7. The summed E-state index contributed by atoms with van der Waals surface area (Å²) in [5.41, 5.74) is 2.24. The molecule has 100 valence electrons. The maximum absolute atomic E-state index is 5.96. The molecule has 0 unspecified atom stereocenters. The minimum atomic E-state index is 0.568. The third kappa shape index (κ3) is 3.17. The van der Waals surface area contributed by atoms with E-state index in [1.165, 1.54) is 37.7 Å². The van der Waals surface area contributed by atoms with Crippen LogP contribution < -0.4 is 4.90 Å². The Morgan fingerprint density at radius 1 is 1.28 bits per heavy atom. The van der Waals surface area contributed by atoms with Crippen molar-refractivity contribution in [2.75, 3.05) is 11.4 Å². The molecule has 0 spiro atoms. The zero-order chi connectivity index (χ0) is 13.0. The van der Waals surface area contributed by atoms with E-state index in [1.807, 2.05) is 6.92 Å². The van der Waals surface area contributed by atoms with Crippen LogP contribution in [0.1, 0.15) is 50.3 Å². The minimum Gasteiger partial charge on any atom is -0.354 e. The molecule has 2 rings (SSSR count). The second-order valence-electron chi connectivity index (χ2n) is 5.19. The predicted octanol–water partition coefficient (Wildman–Crippen LogP) is 4.29. The van der Waals surface area contributed by atoms with Crippen LogP contribution in [0.15, 0.2) is 12.1 Å². The van der Waals surface area contributed by atoms with Crippen molar-refractivity contribution in [1.82, 2.24) is 4.98 Å². The highest BCUT2D eigenvalue weighted by Crippen LogP contribution is 2.27. The lowest BCUT2D eigenvalue weighted by Crippen LogP contribution is -2.37. The Balaban J connectivity index is 2.22. The number of hydrogen-bond acceptors (Lipinski definition) is 2. The van der Waals surface area contributed by atoms with Crippen molar-refractivity contribution in [2.24, 2.45) is 0 Å². The fraction of sp³-hybridized carbons (Fsp3) is 0.667. The van der Waals surface area contributed by atoms with Gasteiger partial charge >= 0.3 is 0 Å². The van der Waals surface area contributed by atoms with Crippen LogP contribution in [0.2, 0.25) is 0 Å². The van der Waals surface area contributed by atoms with Gasteiger partial charge in [0.15, 0.2) is 0 Å². The van der Waals surface area contributed by atoms with Crippen molar-refractivity contribution < 1.29 is 0 Å². The van der Waals surface area contributed by atoms with Crippen molar-refractivity contribution in [1.29, 1.82) is 0 Å². The quantitative estimate of drug-likeness (QED) is 0.756. The normalized spacial score (nSPS) is 16.8. The van der Waals surface area contributed by atoms with E-state index in [0.29, 0.717) is 11.9 Å². The van der Waals surface area contributed by atoms with Crippen LogP contribution in [-0.2, 0) is 5.88 Å². The number of pyridine rings is 1. The van der Waals surface area contributed by atoms with Gasteiger partial charge in [0.25, 0.3) is 0 Å². The molecule has 1 aromatic rings. The van der Waals surface area contributed by atoms with Crippen LogP contribution in [0.3, 0.4) is 0 Å². The van der Waals surface area contributed by atoms with Gasteiger partial charge in [0.1, 0.15) is 5.82 Å². The Labute approximate surface area is 115 Å². The van der Waals surface area contributed by atoms with E-state index in [1.54, 1.807) is 0 Å².